The second kappa shape index (κ2) is 12.0. The number of rotatable bonds is 12. The molecule has 184 valence electrons. The molecule has 36 heavy (non-hydrogen) atoms. The molecule has 0 amide bonds. The molecule has 0 heterocycles. The van der Waals surface area contributed by atoms with E-state index in [2.05, 4.69) is 0 Å². The number of methoxy groups -OCH3 is 1. The van der Waals surface area contributed by atoms with Crippen molar-refractivity contribution in [1.82, 2.24) is 0 Å². The zero-order valence-electron chi connectivity index (χ0n) is 20.1. The average molecular weight is 485 g/mol. The molecule has 0 aliphatic heterocycles. The molecule has 0 aromatic heterocycles. The van der Waals surface area contributed by atoms with Crippen molar-refractivity contribution in [3.8, 4) is 11.5 Å². The molecular weight excluding hydrogens is 456 g/mol. The van der Waals surface area contributed by atoms with E-state index in [-0.39, 0.29) is 5.78 Å². The molecule has 1 atom stereocenters. The van der Waals surface area contributed by atoms with Crippen LogP contribution < -0.4 is 9.47 Å². The van der Waals surface area contributed by atoms with Gasteiger partial charge in [-0.25, -0.2) is 4.79 Å². The van der Waals surface area contributed by atoms with Crippen LogP contribution in [-0.2, 0) is 16.0 Å². The highest BCUT2D eigenvalue weighted by molar-refractivity contribution is 6.16. The fourth-order valence-corrected chi connectivity index (χ4v) is 3.93. The Kier molecular flexibility index (Phi) is 8.32. The fourth-order valence-electron chi connectivity index (χ4n) is 3.93. The van der Waals surface area contributed by atoms with E-state index in [9.17, 15) is 9.59 Å². The van der Waals surface area contributed by atoms with Crippen LogP contribution in [0.25, 0.3) is 10.8 Å². The summed E-state index contributed by atoms with van der Waals surface area (Å²) in [4.78, 5) is 24.1. The number of ether oxygens (including phenoxy) is 3. The van der Waals surface area contributed by atoms with Crippen molar-refractivity contribution in [2.75, 3.05) is 20.3 Å². The minimum Gasteiger partial charge on any atom is -0.493 e. The third-order valence-electron chi connectivity index (χ3n) is 5.88. The number of benzene rings is 4. The third kappa shape index (κ3) is 6.29. The molecule has 4 rings (SSSR count). The predicted molar refractivity (Wildman–Crippen MR) is 138 cm³/mol. The number of hydrogen-bond donors (Lipinski definition) is 1. The quantitative estimate of drug-likeness (QED) is 0.209. The lowest BCUT2D eigenvalue weighted by Gasteiger charge is -2.11. The van der Waals surface area contributed by atoms with Crippen LogP contribution in [0, 0.1) is 0 Å². The van der Waals surface area contributed by atoms with E-state index in [1.54, 1.807) is 12.1 Å². The maximum atomic E-state index is 13.0. The summed E-state index contributed by atoms with van der Waals surface area (Å²) < 4.78 is 16.5. The van der Waals surface area contributed by atoms with Gasteiger partial charge in [0.25, 0.3) is 0 Å². The summed E-state index contributed by atoms with van der Waals surface area (Å²) in [5.41, 5.74) is 2.17. The lowest BCUT2D eigenvalue weighted by molar-refractivity contribution is -0.148. The summed E-state index contributed by atoms with van der Waals surface area (Å²) >= 11 is 0. The van der Waals surface area contributed by atoms with E-state index >= 15 is 0 Å². The number of carbonyl (C=O) groups is 2. The predicted octanol–water partition coefficient (Wildman–Crippen LogP) is 5.56. The Bertz CT molecular complexity index is 1310. The number of fused-ring (bicyclic) bond motifs is 1. The summed E-state index contributed by atoms with van der Waals surface area (Å²) in [5, 5.41) is 11.1. The number of ketones is 1. The van der Waals surface area contributed by atoms with Crippen LogP contribution in [0.2, 0.25) is 0 Å². The molecular formula is C30H28O6. The van der Waals surface area contributed by atoms with Gasteiger partial charge in [0.2, 0.25) is 0 Å². The molecule has 0 radical (unpaired) electrons. The van der Waals surface area contributed by atoms with Crippen molar-refractivity contribution >= 4 is 22.5 Å². The minimum absolute atomic E-state index is 0.0153. The highest BCUT2D eigenvalue weighted by atomic mass is 16.5. The Morgan fingerprint density at radius 3 is 2.03 bits per heavy atom. The van der Waals surface area contributed by atoms with E-state index in [0.29, 0.717) is 48.7 Å². The van der Waals surface area contributed by atoms with E-state index in [1.165, 1.54) is 7.11 Å². The highest BCUT2D eigenvalue weighted by Crippen LogP contribution is 2.23. The van der Waals surface area contributed by atoms with Gasteiger partial charge in [-0.2, -0.15) is 0 Å². The van der Waals surface area contributed by atoms with E-state index in [0.717, 1.165) is 16.3 Å². The number of aliphatic carboxylic acids is 1. The number of carbonyl (C=O) groups excluding carboxylic acids is 1. The van der Waals surface area contributed by atoms with Crippen LogP contribution in [-0.4, -0.2) is 43.3 Å². The third-order valence-corrected chi connectivity index (χ3v) is 5.88. The van der Waals surface area contributed by atoms with Crippen molar-refractivity contribution in [2.24, 2.45) is 0 Å². The SMILES string of the molecule is COC(Cc1ccc(OCCCOc2ccc(C(=O)c3cccc4ccccc34)cc2)cc1)C(=O)O. The maximum absolute atomic E-state index is 13.0. The van der Waals surface area contributed by atoms with Crippen LogP contribution in [0.4, 0.5) is 0 Å². The van der Waals surface area contributed by atoms with Gasteiger partial charge in [0.05, 0.1) is 13.2 Å². The van der Waals surface area contributed by atoms with E-state index in [4.69, 9.17) is 19.3 Å². The van der Waals surface area contributed by atoms with Gasteiger partial charge in [0.1, 0.15) is 11.5 Å². The highest BCUT2D eigenvalue weighted by Gasteiger charge is 2.16. The smallest absolute Gasteiger partial charge is 0.333 e. The molecule has 1 N–H and O–H groups in total. The van der Waals surface area contributed by atoms with Crippen LogP contribution in [0.3, 0.4) is 0 Å². The minimum atomic E-state index is -0.983. The second-order valence-corrected chi connectivity index (χ2v) is 8.34. The van der Waals surface area contributed by atoms with Gasteiger partial charge in [-0.3, -0.25) is 4.79 Å². The Labute approximate surface area is 210 Å². The molecule has 6 heteroatoms. The summed E-state index contributed by atoms with van der Waals surface area (Å²) in [7, 11) is 1.39. The van der Waals surface area contributed by atoms with Gasteiger partial charge in [0.15, 0.2) is 11.9 Å². The maximum Gasteiger partial charge on any atom is 0.333 e. The molecule has 4 aromatic rings. The van der Waals surface area contributed by atoms with Gasteiger partial charge < -0.3 is 19.3 Å². The monoisotopic (exact) mass is 484 g/mol. The van der Waals surface area contributed by atoms with Gasteiger partial charge in [-0.1, -0.05) is 54.6 Å². The van der Waals surface area contributed by atoms with Crippen molar-refractivity contribution in [3.05, 3.63) is 108 Å². The van der Waals surface area contributed by atoms with E-state index < -0.39 is 12.1 Å². The largest absolute Gasteiger partial charge is 0.493 e. The summed E-state index contributed by atoms with van der Waals surface area (Å²) in [6.45, 7) is 0.954. The zero-order valence-corrected chi connectivity index (χ0v) is 20.1. The molecule has 0 saturated carbocycles. The Morgan fingerprint density at radius 2 is 1.39 bits per heavy atom. The van der Waals surface area contributed by atoms with Crippen molar-refractivity contribution in [2.45, 2.75) is 18.9 Å². The molecule has 0 saturated heterocycles. The first-order valence-corrected chi connectivity index (χ1v) is 11.8. The van der Waals surface area contributed by atoms with Crippen LogP contribution in [0.15, 0.2) is 91.0 Å². The Hall–Kier alpha value is -4.16. The molecule has 4 aromatic carbocycles. The van der Waals surface area contributed by atoms with Crippen molar-refractivity contribution in [1.29, 1.82) is 0 Å². The fraction of sp³-hybridized carbons (Fsp3) is 0.200. The first kappa shape index (κ1) is 24.9. The van der Waals surface area contributed by atoms with Gasteiger partial charge in [0, 0.05) is 31.1 Å². The standard InChI is InChI=1S/C30H28O6/c1-34-28(30(32)33)20-21-10-14-24(15-11-21)35-18-5-19-36-25-16-12-23(13-17-25)29(31)27-9-4-7-22-6-2-3-8-26(22)27/h2-4,6-17,28H,5,18-20H2,1H3,(H,32,33). The van der Waals surface area contributed by atoms with Gasteiger partial charge >= 0.3 is 5.97 Å². The Balaban J connectivity index is 1.23. The summed E-state index contributed by atoms with van der Waals surface area (Å²) in [5.74, 6) is 0.404. The van der Waals surface area contributed by atoms with Crippen molar-refractivity contribution < 1.29 is 28.9 Å². The lowest BCUT2D eigenvalue weighted by atomic mass is 9.97. The van der Waals surface area contributed by atoms with Gasteiger partial charge in [-0.15, -0.1) is 0 Å². The first-order valence-electron chi connectivity index (χ1n) is 11.8. The van der Waals surface area contributed by atoms with Crippen molar-refractivity contribution in [3.63, 3.8) is 0 Å². The molecule has 0 aliphatic carbocycles. The average Bonchev–Trinajstić information content (AvgIpc) is 2.91. The molecule has 0 fully saturated rings. The molecule has 0 spiro atoms. The van der Waals surface area contributed by atoms with Gasteiger partial charge in [-0.05, 0) is 52.7 Å². The molecule has 1 unspecified atom stereocenters. The van der Waals surface area contributed by atoms with Crippen LogP contribution >= 0.6 is 0 Å². The summed E-state index contributed by atoms with van der Waals surface area (Å²) in [6, 6.07) is 28.1. The normalized spacial score (nSPS) is 11.7. The lowest BCUT2D eigenvalue weighted by Crippen LogP contribution is -2.24. The van der Waals surface area contributed by atoms with Crippen LogP contribution in [0.5, 0.6) is 11.5 Å². The number of carboxylic acid groups (broad SMARTS) is 1. The zero-order chi connectivity index (χ0) is 25.3. The number of carboxylic acids is 1. The second-order valence-electron chi connectivity index (χ2n) is 8.34. The molecule has 0 aliphatic rings. The topological polar surface area (TPSA) is 82.1 Å². The summed E-state index contributed by atoms with van der Waals surface area (Å²) in [6.07, 6.45) is 0.120. The molecule has 6 nitrogen and oxygen atoms in total. The van der Waals surface area contributed by atoms with Crippen LogP contribution in [0.1, 0.15) is 27.9 Å². The van der Waals surface area contributed by atoms with E-state index in [1.807, 2.05) is 78.9 Å². The number of hydrogen-bond acceptors (Lipinski definition) is 5. The molecule has 0 bridgehead atoms. The Morgan fingerprint density at radius 1 is 0.778 bits per heavy atom. The first-order chi connectivity index (χ1) is 17.5.